The van der Waals surface area contributed by atoms with Crippen molar-refractivity contribution in [1.82, 2.24) is 10.2 Å². The van der Waals surface area contributed by atoms with Crippen LogP contribution in [0.3, 0.4) is 0 Å². The monoisotopic (exact) mass is 450 g/mol. The van der Waals surface area contributed by atoms with E-state index in [0.29, 0.717) is 17.3 Å². The Balaban J connectivity index is 1.46. The van der Waals surface area contributed by atoms with Crippen molar-refractivity contribution in [1.29, 1.82) is 0 Å². The van der Waals surface area contributed by atoms with Crippen LogP contribution in [-0.2, 0) is 9.53 Å². The van der Waals surface area contributed by atoms with Crippen LogP contribution in [0.25, 0.3) is 4.85 Å². The lowest BCUT2D eigenvalue weighted by Crippen LogP contribution is -2.50. The van der Waals surface area contributed by atoms with E-state index in [1.165, 1.54) is 31.3 Å². The number of allylic oxidation sites excluding steroid dienone is 2. The number of fused-ring (bicyclic) bond motifs is 1. The van der Waals surface area contributed by atoms with E-state index in [2.05, 4.69) is 28.9 Å². The first-order valence-electron chi connectivity index (χ1n) is 12.1. The molecule has 1 N–H and O–H groups in total. The number of nitrogens with one attached hydrogen (secondary N) is 1. The Morgan fingerprint density at radius 3 is 2.45 bits per heavy atom. The summed E-state index contributed by atoms with van der Waals surface area (Å²) in [7, 11) is 0. The smallest absolute Gasteiger partial charge is 0.408 e. The molecule has 0 spiro atoms. The standard InChI is InChI=1S/C26H34N4O3/c1-5-33-26(32)28-24-22-16-19(27-4)8-11-23(22)30(25(24)31)21-12-14-29(15-13-21)20-9-6-18(7-10-20)17(2)3/h8,11,16,20-21,24H,5-7,9-10,12-15H2,1-3H3,(H,28,32). The van der Waals surface area contributed by atoms with Gasteiger partial charge in [-0.25, -0.2) is 9.64 Å². The van der Waals surface area contributed by atoms with Gasteiger partial charge in [0.15, 0.2) is 5.69 Å². The largest absolute Gasteiger partial charge is 0.450 e. The van der Waals surface area contributed by atoms with Crippen LogP contribution in [0, 0.1) is 6.57 Å². The maximum Gasteiger partial charge on any atom is 0.408 e. The Bertz CT molecular complexity index is 974. The maximum atomic E-state index is 13.4. The lowest BCUT2D eigenvalue weighted by Gasteiger charge is -2.42. The highest BCUT2D eigenvalue weighted by molar-refractivity contribution is 6.06. The Labute approximate surface area is 196 Å². The van der Waals surface area contributed by atoms with Gasteiger partial charge < -0.3 is 19.9 Å². The summed E-state index contributed by atoms with van der Waals surface area (Å²) < 4.78 is 5.02. The minimum Gasteiger partial charge on any atom is -0.450 e. The number of nitrogens with zero attached hydrogens (tertiary/aromatic N) is 3. The average molecular weight is 451 g/mol. The second-order valence-electron chi connectivity index (χ2n) is 9.46. The van der Waals surface area contributed by atoms with Crippen molar-refractivity contribution < 1.29 is 14.3 Å². The lowest BCUT2D eigenvalue weighted by atomic mass is 9.86. The lowest BCUT2D eigenvalue weighted by molar-refractivity contribution is -0.120. The second kappa shape index (κ2) is 9.96. The van der Waals surface area contributed by atoms with Gasteiger partial charge in [0.2, 0.25) is 0 Å². The van der Waals surface area contributed by atoms with E-state index in [1.54, 1.807) is 24.6 Å². The van der Waals surface area contributed by atoms with Crippen molar-refractivity contribution in [3.8, 4) is 0 Å². The summed E-state index contributed by atoms with van der Waals surface area (Å²) >= 11 is 0. The van der Waals surface area contributed by atoms with Gasteiger partial charge in [-0.05, 0) is 77.0 Å². The van der Waals surface area contributed by atoms with Gasteiger partial charge in [0.25, 0.3) is 5.91 Å². The third kappa shape index (κ3) is 4.77. The summed E-state index contributed by atoms with van der Waals surface area (Å²) in [5.74, 6) is -0.135. The molecule has 176 valence electrons. The Kier molecular flexibility index (Phi) is 7.04. The fourth-order valence-corrected chi connectivity index (χ4v) is 5.58. The van der Waals surface area contributed by atoms with Gasteiger partial charge in [0, 0.05) is 30.9 Å². The van der Waals surface area contributed by atoms with Gasteiger partial charge in [-0.2, -0.15) is 0 Å². The summed E-state index contributed by atoms with van der Waals surface area (Å²) in [6.45, 7) is 15.7. The first-order chi connectivity index (χ1) is 15.9. The topological polar surface area (TPSA) is 66.2 Å². The molecule has 3 aliphatic rings. The quantitative estimate of drug-likeness (QED) is 0.511. The zero-order valence-electron chi connectivity index (χ0n) is 19.9. The van der Waals surface area contributed by atoms with E-state index < -0.39 is 12.1 Å². The van der Waals surface area contributed by atoms with Crippen LogP contribution in [0.5, 0.6) is 0 Å². The highest BCUT2D eigenvalue weighted by atomic mass is 16.5. The first-order valence-corrected chi connectivity index (χ1v) is 12.1. The van der Waals surface area contributed by atoms with Crippen molar-refractivity contribution in [2.45, 2.75) is 77.4 Å². The number of carbonyl (C=O) groups is 2. The van der Waals surface area contributed by atoms with Crippen LogP contribution in [0.4, 0.5) is 16.2 Å². The van der Waals surface area contributed by atoms with E-state index in [4.69, 9.17) is 11.3 Å². The number of hydrogen-bond acceptors (Lipinski definition) is 4. The van der Waals surface area contributed by atoms with Crippen LogP contribution in [0.15, 0.2) is 29.3 Å². The molecule has 1 aromatic rings. The van der Waals surface area contributed by atoms with E-state index in [1.807, 2.05) is 11.0 Å². The highest BCUT2D eigenvalue weighted by Gasteiger charge is 2.43. The zero-order valence-corrected chi connectivity index (χ0v) is 19.9. The molecule has 7 nitrogen and oxygen atoms in total. The molecule has 1 aliphatic carbocycles. The molecule has 2 heterocycles. The predicted molar refractivity (Wildman–Crippen MR) is 128 cm³/mol. The summed E-state index contributed by atoms with van der Waals surface area (Å²) in [5.41, 5.74) is 5.05. The summed E-state index contributed by atoms with van der Waals surface area (Å²) in [6.07, 6.45) is 6.07. The van der Waals surface area contributed by atoms with E-state index in [9.17, 15) is 9.59 Å². The van der Waals surface area contributed by atoms with Crippen LogP contribution in [0.2, 0.25) is 0 Å². The molecule has 7 heteroatoms. The number of anilines is 1. The van der Waals surface area contributed by atoms with Crippen molar-refractivity contribution in [3.05, 3.63) is 46.3 Å². The molecule has 2 amide bonds. The molecule has 1 saturated carbocycles. The molecule has 1 saturated heterocycles. The van der Waals surface area contributed by atoms with E-state index in [-0.39, 0.29) is 18.6 Å². The van der Waals surface area contributed by atoms with Gasteiger partial charge in [-0.3, -0.25) is 4.79 Å². The molecule has 4 rings (SSSR count). The van der Waals surface area contributed by atoms with Crippen LogP contribution < -0.4 is 10.2 Å². The predicted octanol–water partition coefficient (Wildman–Crippen LogP) is 5.11. The fraction of sp³-hybridized carbons (Fsp3) is 0.577. The highest BCUT2D eigenvalue weighted by Crippen LogP contribution is 2.41. The van der Waals surface area contributed by atoms with E-state index >= 15 is 0 Å². The Hall–Kier alpha value is -2.85. The number of carbonyl (C=O) groups excluding carboxylic acids is 2. The molecular weight excluding hydrogens is 416 g/mol. The molecule has 0 radical (unpaired) electrons. The SMILES string of the molecule is [C-]#[N+]c1ccc2c(c1)C(NC(=O)OCC)C(=O)N2C1CCN(C2CCC(=C(C)C)CC2)CC1. The summed E-state index contributed by atoms with van der Waals surface area (Å²) in [5, 5.41) is 2.71. The van der Waals surface area contributed by atoms with Crippen molar-refractivity contribution in [2.75, 3.05) is 24.6 Å². The van der Waals surface area contributed by atoms with Gasteiger partial charge >= 0.3 is 6.09 Å². The maximum absolute atomic E-state index is 13.4. The molecule has 0 bridgehead atoms. The third-order valence-corrected chi connectivity index (χ3v) is 7.38. The van der Waals surface area contributed by atoms with Crippen molar-refractivity contribution >= 4 is 23.4 Å². The van der Waals surface area contributed by atoms with Crippen molar-refractivity contribution in [3.63, 3.8) is 0 Å². The van der Waals surface area contributed by atoms with Crippen LogP contribution >= 0.6 is 0 Å². The number of piperidine rings is 1. The Morgan fingerprint density at radius 1 is 1.15 bits per heavy atom. The number of rotatable bonds is 4. The molecule has 1 atom stereocenters. The third-order valence-electron chi connectivity index (χ3n) is 7.38. The van der Waals surface area contributed by atoms with Gasteiger partial charge in [-0.1, -0.05) is 17.2 Å². The van der Waals surface area contributed by atoms with Crippen LogP contribution in [0.1, 0.15) is 70.9 Å². The molecule has 33 heavy (non-hydrogen) atoms. The molecule has 1 aromatic carbocycles. The zero-order chi connectivity index (χ0) is 23.5. The summed E-state index contributed by atoms with van der Waals surface area (Å²) in [6, 6.07) is 5.24. The molecule has 2 aliphatic heterocycles. The average Bonchev–Trinajstić information content (AvgIpc) is 3.09. The van der Waals surface area contributed by atoms with Gasteiger partial charge in [0.1, 0.15) is 6.04 Å². The fourth-order valence-electron chi connectivity index (χ4n) is 5.58. The molecule has 2 fully saturated rings. The van der Waals surface area contributed by atoms with Crippen molar-refractivity contribution in [2.24, 2.45) is 0 Å². The van der Waals surface area contributed by atoms with E-state index in [0.717, 1.165) is 31.6 Å². The normalized spacial score (nSPS) is 23.8. The number of alkyl carbamates (subject to hydrolysis) is 1. The number of amides is 2. The number of hydrogen-bond donors (Lipinski definition) is 1. The van der Waals surface area contributed by atoms with Crippen LogP contribution in [-0.4, -0.2) is 48.7 Å². The minimum atomic E-state index is -0.806. The Morgan fingerprint density at radius 2 is 1.85 bits per heavy atom. The number of likely N-dealkylation sites (tertiary alicyclic amines) is 1. The van der Waals surface area contributed by atoms with Gasteiger partial charge in [-0.15, -0.1) is 0 Å². The minimum absolute atomic E-state index is 0.0946. The molecule has 1 unspecified atom stereocenters. The second-order valence-corrected chi connectivity index (χ2v) is 9.46. The number of benzene rings is 1. The first kappa shape index (κ1) is 23.3. The molecular formula is C26H34N4O3. The summed E-state index contributed by atoms with van der Waals surface area (Å²) in [4.78, 5) is 33.5. The van der Waals surface area contributed by atoms with Gasteiger partial charge in [0.05, 0.1) is 13.2 Å². The number of ether oxygens (including phenoxy) is 1. The molecule has 0 aromatic heterocycles.